The quantitative estimate of drug-likeness (QED) is 0.705. The Bertz CT molecular complexity index is 734. The van der Waals surface area contributed by atoms with E-state index in [0.29, 0.717) is 12.0 Å². The highest BCUT2D eigenvalue weighted by Crippen LogP contribution is 2.39. The van der Waals surface area contributed by atoms with Crippen LogP contribution < -0.4 is 11.1 Å². The zero-order valence-corrected chi connectivity index (χ0v) is 13.4. The summed E-state index contributed by atoms with van der Waals surface area (Å²) in [7, 11) is 0. The molecule has 0 heterocycles. The van der Waals surface area contributed by atoms with E-state index < -0.39 is 17.4 Å². The van der Waals surface area contributed by atoms with Crippen LogP contribution in [0.4, 0.5) is 14.5 Å². The number of anilines is 1. The van der Waals surface area contributed by atoms with Crippen LogP contribution in [0.3, 0.4) is 0 Å². The number of unbranched alkanes of at least 4 members (excludes halogenated alkanes) is 1. The number of halogens is 2. The van der Waals surface area contributed by atoms with Crippen molar-refractivity contribution in [1.82, 2.24) is 5.32 Å². The average Bonchev–Trinajstić information content (AvgIpc) is 2.59. The van der Waals surface area contributed by atoms with Crippen LogP contribution in [0.15, 0.2) is 30.3 Å². The first-order valence-corrected chi connectivity index (χ1v) is 7.77. The minimum absolute atomic E-state index is 0.0300. The van der Waals surface area contributed by atoms with Gasteiger partial charge in [0.05, 0.1) is 5.69 Å². The fourth-order valence-electron chi connectivity index (χ4n) is 2.42. The van der Waals surface area contributed by atoms with Crippen LogP contribution in [0.1, 0.15) is 31.7 Å². The molecule has 0 aliphatic heterocycles. The third-order valence-electron chi connectivity index (χ3n) is 3.78. The maximum atomic E-state index is 14.3. The number of hydrogen-bond donors (Lipinski definition) is 3. The predicted molar refractivity (Wildman–Crippen MR) is 89.2 cm³/mol. The number of hydrogen-bond acceptors (Lipinski definition) is 3. The van der Waals surface area contributed by atoms with E-state index >= 15 is 0 Å². The Morgan fingerprint density at radius 2 is 1.88 bits per heavy atom. The van der Waals surface area contributed by atoms with E-state index in [1.54, 1.807) is 30.3 Å². The van der Waals surface area contributed by atoms with Gasteiger partial charge in [0.2, 0.25) is 11.7 Å². The SMILES string of the molecule is CCCCC(=O)NCc1c(N)c(-c2ccccc2)c(F)c(F)c1O. The van der Waals surface area contributed by atoms with Gasteiger partial charge in [0.25, 0.3) is 0 Å². The first kappa shape index (κ1) is 17.7. The van der Waals surface area contributed by atoms with Crippen molar-refractivity contribution in [1.29, 1.82) is 0 Å². The maximum absolute atomic E-state index is 14.3. The molecule has 4 nitrogen and oxygen atoms in total. The zero-order valence-electron chi connectivity index (χ0n) is 13.4. The summed E-state index contributed by atoms with van der Waals surface area (Å²) in [5.41, 5.74) is 6.11. The third-order valence-corrected chi connectivity index (χ3v) is 3.78. The fourth-order valence-corrected chi connectivity index (χ4v) is 2.42. The lowest BCUT2D eigenvalue weighted by atomic mass is 9.98. The molecule has 0 unspecified atom stereocenters. The molecule has 0 bridgehead atoms. The monoisotopic (exact) mass is 334 g/mol. The summed E-state index contributed by atoms with van der Waals surface area (Å²) >= 11 is 0. The van der Waals surface area contributed by atoms with Crippen LogP contribution in [-0.2, 0) is 11.3 Å². The highest BCUT2D eigenvalue weighted by atomic mass is 19.2. The van der Waals surface area contributed by atoms with Crippen LogP contribution >= 0.6 is 0 Å². The number of phenolic OH excluding ortho intramolecular Hbond substituents is 1. The molecule has 2 aromatic carbocycles. The van der Waals surface area contributed by atoms with Crippen molar-refractivity contribution in [2.75, 3.05) is 5.73 Å². The van der Waals surface area contributed by atoms with Crippen LogP contribution in [0, 0.1) is 11.6 Å². The lowest BCUT2D eigenvalue weighted by molar-refractivity contribution is -0.121. The van der Waals surface area contributed by atoms with Gasteiger partial charge >= 0.3 is 0 Å². The van der Waals surface area contributed by atoms with Crippen molar-refractivity contribution in [3.05, 3.63) is 47.5 Å². The van der Waals surface area contributed by atoms with Crippen LogP contribution in [-0.4, -0.2) is 11.0 Å². The Labute approximate surface area is 139 Å². The Morgan fingerprint density at radius 3 is 2.50 bits per heavy atom. The zero-order chi connectivity index (χ0) is 17.7. The first-order valence-electron chi connectivity index (χ1n) is 7.77. The lowest BCUT2D eigenvalue weighted by Gasteiger charge is -2.16. The van der Waals surface area contributed by atoms with Crippen molar-refractivity contribution in [3.8, 4) is 16.9 Å². The number of phenols is 1. The molecule has 0 aliphatic carbocycles. The average molecular weight is 334 g/mol. The molecule has 2 aromatic rings. The van der Waals surface area contributed by atoms with Crippen LogP contribution in [0.25, 0.3) is 11.1 Å². The van der Waals surface area contributed by atoms with Gasteiger partial charge in [-0.15, -0.1) is 0 Å². The number of nitrogens with one attached hydrogen (secondary N) is 1. The lowest BCUT2D eigenvalue weighted by Crippen LogP contribution is -2.23. The summed E-state index contributed by atoms with van der Waals surface area (Å²) in [6.45, 7) is 1.79. The minimum Gasteiger partial charge on any atom is -0.504 e. The van der Waals surface area contributed by atoms with Crippen molar-refractivity contribution < 1.29 is 18.7 Å². The first-order chi connectivity index (χ1) is 11.5. The molecular formula is C18H20F2N2O2. The van der Waals surface area contributed by atoms with E-state index in [9.17, 15) is 18.7 Å². The summed E-state index contributed by atoms with van der Waals surface area (Å²) in [5, 5.41) is 12.4. The summed E-state index contributed by atoms with van der Waals surface area (Å²) in [6, 6.07) is 8.27. The largest absolute Gasteiger partial charge is 0.504 e. The molecule has 6 heteroatoms. The smallest absolute Gasteiger partial charge is 0.220 e. The van der Waals surface area contributed by atoms with Gasteiger partial charge in [-0.1, -0.05) is 43.7 Å². The van der Waals surface area contributed by atoms with Crippen molar-refractivity contribution in [2.45, 2.75) is 32.7 Å². The van der Waals surface area contributed by atoms with Gasteiger partial charge in [-0.2, -0.15) is 4.39 Å². The van der Waals surface area contributed by atoms with E-state index in [1.807, 2.05) is 6.92 Å². The normalized spacial score (nSPS) is 10.6. The second-order valence-electron chi connectivity index (χ2n) is 5.49. The van der Waals surface area contributed by atoms with E-state index in [4.69, 9.17) is 5.73 Å². The van der Waals surface area contributed by atoms with Crippen LogP contribution in [0.5, 0.6) is 5.75 Å². The highest BCUT2D eigenvalue weighted by molar-refractivity contribution is 5.82. The molecule has 4 N–H and O–H groups in total. The van der Waals surface area contributed by atoms with Gasteiger partial charge in [0, 0.05) is 24.1 Å². The van der Waals surface area contributed by atoms with Gasteiger partial charge in [0.15, 0.2) is 11.6 Å². The summed E-state index contributed by atoms with van der Waals surface area (Å²) < 4.78 is 28.3. The number of nitrogens with two attached hydrogens (primary N) is 1. The molecule has 0 saturated heterocycles. The Balaban J connectivity index is 2.38. The molecular weight excluding hydrogens is 314 g/mol. The number of nitrogen functional groups attached to an aromatic ring is 1. The van der Waals surface area contributed by atoms with Crippen molar-refractivity contribution in [2.24, 2.45) is 0 Å². The Morgan fingerprint density at radius 1 is 1.21 bits per heavy atom. The molecule has 0 aromatic heterocycles. The van der Waals surface area contributed by atoms with Crippen LogP contribution in [0.2, 0.25) is 0 Å². The van der Waals surface area contributed by atoms with E-state index in [0.717, 1.165) is 12.8 Å². The second kappa shape index (κ2) is 7.77. The Hall–Kier alpha value is -2.63. The molecule has 0 saturated carbocycles. The molecule has 1 amide bonds. The van der Waals surface area contributed by atoms with Gasteiger partial charge in [-0.25, -0.2) is 4.39 Å². The highest BCUT2D eigenvalue weighted by Gasteiger charge is 2.23. The number of aromatic hydroxyl groups is 1. The molecule has 24 heavy (non-hydrogen) atoms. The number of rotatable bonds is 6. The molecule has 0 fully saturated rings. The predicted octanol–water partition coefficient (Wildman–Crippen LogP) is 3.73. The molecule has 0 radical (unpaired) electrons. The third kappa shape index (κ3) is 3.64. The number of amides is 1. The van der Waals surface area contributed by atoms with Crippen molar-refractivity contribution >= 4 is 11.6 Å². The number of benzene rings is 2. The molecule has 0 aliphatic rings. The van der Waals surface area contributed by atoms with Gasteiger partial charge in [-0.3, -0.25) is 4.79 Å². The summed E-state index contributed by atoms with van der Waals surface area (Å²) in [5.74, 6) is -3.69. The number of carbonyl (C=O) groups excluding carboxylic acids is 1. The fraction of sp³-hybridized carbons (Fsp3) is 0.278. The maximum Gasteiger partial charge on any atom is 0.220 e. The molecule has 0 atom stereocenters. The van der Waals surface area contributed by atoms with E-state index in [1.165, 1.54) is 0 Å². The van der Waals surface area contributed by atoms with Crippen molar-refractivity contribution in [3.63, 3.8) is 0 Å². The second-order valence-corrected chi connectivity index (χ2v) is 5.49. The van der Waals surface area contributed by atoms with E-state index in [-0.39, 0.29) is 29.3 Å². The summed E-state index contributed by atoms with van der Waals surface area (Å²) in [4.78, 5) is 11.7. The van der Waals surface area contributed by atoms with Gasteiger partial charge in [0.1, 0.15) is 0 Å². The van der Waals surface area contributed by atoms with Gasteiger partial charge in [-0.05, 0) is 12.0 Å². The molecule has 0 spiro atoms. The minimum atomic E-state index is -1.37. The van der Waals surface area contributed by atoms with E-state index in [2.05, 4.69) is 5.32 Å². The summed E-state index contributed by atoms with van der Waals surface area (Å²) in [6.07, 6.45) is 1.91. The topological polar surface area (TPSA) is 75.4 Å². The number of carbonyl (C=O) groups is 1. The molecule has 2 rings (SSSR count). The Kier molecular flexibility index (Phi) is 5.73. The molecule has 128 valence electrons. The standard InChI is InChI=1S/C18H20F2N2O2/c1-2-3-9-13(23)22-10-12-17(21)14(11-7-5-4-6-8-11)15(19)16(20)18(12)24/h4-8,24H,2-3,9-10,21H2,1H3,(H,22,23). The van der Waals surface area contributed by atoms with Gasteiger partial charge < -0.3 is 16.2 Å².